The van der Waals surface area contributed by atoms with Gasteiger partial charge in [-0.1, -0.05) is 11.6 Å². The molecule has 0 radical (unpaired) electrons. The van der Waals surface area contributed by atoms with Crippen molar-refractivity contribution < 1.29 is 4.39 Å². The first kappa shape index (κ1) is 11.4. The maximum Gasteiger partial charge on any atom is 0.145 e. The van der Waals surface area contributed by atoms with Gasteiger partial charge in [0.1, 0.15) is 23.3 Å². The molecule has 0 aliphatic carbocycles. The van der Waals surface area contributed by atoms with Gasteiger partial charge in [0.2, 0.25) is 0 Å². The third kappa shape index (κ3) is 1.83. The maximum atomic E-state index is 12.9. The molecule has 4 nitrogen and oxygen atoms in total. The van der Waals surface area contributed by atoms with Crippen LogP contribution in [-0.2, 0) is 0 Å². The van der Waals surface area contributed by atoms with Gasteiger partial charge >= 0.3 is 0 Å². The molecule has 1 aromatic heterocycles. The van der Waals surface area contributed by atoms with E-state index >= 15 is 0 Å². The van der Waals surface area contributed by atoms with Crippen LogP contribution in [0.2, 0.25) is 5.02 Å². The first-order chi connectivity index (χ1) is 8.04. The van der Waals surface area contributed by atoms with Gasteiger partial charge in [0.25, 0.3) is 0 Å². The largest absolute Gasteiger partial charge is 0.382 e. The number of nitriles is 1. The Bertz CT molecular complexity index is 627. The van der Waals surface area contributed by atoms with Crippen LogP contribution in [-0.4, -0.2) is 9.78 Å². The third-order valence-electron chi connectivity index (χ3n) is 2.35. The number of nitrogens with zero attached hydrogens (tertiary/aromatic N) is 3. The molecule has 0 fully saturated rings. The second-order valence-corrected chi connectivity index (χ2v) is 3.87. The number of hydrogen-bond donors (Lipinski definition) is 1. The fraction of sp³-hybridized carbons (Fsp3) is 0.0909. The predicted molar refractivity (Wildman–Crippen MR) is 62.4 cm³/mol. The van der Waals surface area contributed by atoms with Gasteiger partial charge in [-0.05, 0) is 25.1 Å². The topological polar surface area (TPSA) is 67.6 Å². The summed E-state index contributed by atoms with van der Waals surface area (Å²) >= 11 is 5.90. The van der Waals surface area contributed by atoms with E-state index in [4.69, 9.17) is 22.6 Å². The summed E-state index contributed by atoms with van der Waals surface area (Å²) in [5.41, 5.74) is 7.02. The number of anilines is 1. The molecule has 0 saturated carbocycles. The second kappa shape index (κ2) is 4.07. The van der Waals surface area contributed by atoms with Crippen LogP contribution in [0.25, 0.3) is 5.69 Å². The lowest BCUT2D eigenvalue weighted by Gasteiger charge is -2.06. The fourth-order valence-electron chi connectivity index (χ4n) is 1.52. The minimum Gasteiger partial charge on any atom is -0.382 e. The summed E-state index contributed by atoms with van der Waals surface area (Å²) in [6.07, 6.45) is 0. The van der Waals surface area contributed by atoms with E-state index < -0.39 is 5.82 Å². The highest BCUT2D eigenvalue weighted by atomic mass is 35.5. The van der Waals surface area contributed by atoms with Gasteiger partial charge in [0, 0.05) is 0 Å². The predicted octanol–water partition coefficient (Wildman–Crippen LogP) is 2.43. The average molecular weight is 251 g/mol. The van der Waals surface area contributed by atoms with Crippen LogP contribution < -0.4 is 5.73 Å². The molecule has 0 aliphatic rings. The molecule has 2 N–H and O–H groups in total. The molecule has 1 aromatic carbocycles. The summed E-state index contributed by atoms with van der Waals surface area (Å²) in [6.45, 7) is 1.67. The Morgan fingerprint density at radius 3 is 2.76 bits per heavy atom. The number of benzene rings is 1. The van der Waals surface area contributed by atoms with E-state index in [0.29, 0.717) is 16.9 Å². The quantitative estimate of drug-likeness (QED) is 0.845. The van der Waals surface area contributed by atoms with E-state index in [-0.39, 0.29) is 10.8 Å². The second-order valence-electron chi connectivity index (χ2n) is 3.46. The molecular weight excluding hydrogens is 243 g/mol. The van der Waals surface area contributed by atoms with Crippen LogP contribution in [0.5, 0.6) is 0 Å². The van der Waals surface area contributed by atoms with Gasteiger partial charge in [-0.25, -0.2) is 9.07 Å². The van der Waals surface area contributed by atoms with Crippen LogP contribution in [0.3, 0.4) is 0 Å². The van der Waals surface area contributed by atoms with Crippen LogP contribution in [0.15, 0.2) is 18.2 Å². The Morgan fingerprint density at radius 1 is 1.53 bits per heavy atom. The van der Waals surface area contributed by atoms with Crippen molar-refractivity contribution in [3.63, 3.8) is 0 Å². The van der Waals surface area contributed by atoms with Crippen molar-refractivity contribution >= 4 is 17.4 Å². The molecule has 6 heteroatoms. The minimum atomic E-state index is -0.443. The van der Waals surface area contributed by atoms with Crippen LogP contribution >= 0.6 is 11.6 Å². The van der Waals surface area contributed by atoms with Crippen molar-refractivity contribution in [3.05, 3.63) is 40.3 Å². The van der Waals surface area contributed by atoms with Gasteiger partial charge in [-0.3, -0.25) is 0 Å². The standard InChI is InChI=1S/C11H8ClFN4/c1-6-8(5-14)11(15)17(16-6)10-3-2-7(13)4-9(10)12/h2-4H,15H2,1H3. The Balaban J connectivity index is 2.66. The van der Waals surface area contributed by atoms with E-state index in [0.717, 1.165) is 0 Å². The van der Waals surface area contributed by atoms with Crippen molar-refractivity contribution in [1.82, 2.24) is 9.78 Å². The molecule has 0 amide bonds. The Kier molecular flexibility index (Phi) is 2.74. The molecule has 0 aliphatic heterocycles. The summed E-state index contributed by atoms with van der Waals surface area (Å²) in [4.78, 5) is 0. The molecule has 0 unspecified atom stereocenters. The minimum absolute atomic E-state index is 0.184. The number of nitrogens with two attached hydrogens (primary N) is 1. The zero-order valence-corrected chi connectivity index (χ0v) is 9.66. The van der Waals surface area contributed by atoms with Crippen molar-refractivity contribution in [2.75, 3.05) is 5.73 Å². The zero-order valence-electron chi connectivity index (χ0n) is 8.91. The molecule has 0 saturated heterocycles. The average Bonchev–Trinajstić information content (AvgIpc) is 2.54. The number of aromatic nitrogens is 2. The van der Waals surface area contributed by atoms with Crippen molar-refractivity contribution in [2.45, 2.75) is 6.92 Å². The lowest BCUT2D eigenvalue weighted by molar-refractivity contribution is 0.627. The van der Waals surface area contributed by atoms with E-state index in [9.17, 15) is 4.39 Å². The molecule has 0 spiro atoms. The lowest BCUT2D eigenvalue weighted by atomic mass is 10.2. The first-order valence-corrected chi connectivity index (χ1v) is 5.13. The summed E-state index contributed by atoms with van der Waals surface area (Å²) in [5, 5.41) is 13.2. The third-order valence-corrected chi connectivity index (χ3v) is 2.65. The number of aryl methyl sites for hydroxylation is 1. The molecule has 1 heterocycles. The molecule has 2 rings (SSSR count). The van der Waals surface area contributed by atoms with E-state index in [1.54, 1.807) is 6.92 Å². The zero-order chi connectivity index (χ0) is 12.6. The van der Waals surface area contributed by atoms with Gasteiger partial charge in [-0.2, -0.15) is 10.4 Å². The molecular formula is C11H8ClFN4. The van der Waals surface area contributed by atoms with Crippen molar-refractivity contribution in [1.29, 1.82) is 5.26 Å². The van der Waals surface area contributed by atoms with Crippen molar-refractivity contribution in [3.8, 4) is 11.8 Å². The van der Waals surface area contributed by atoms with E-state index in [2.05, 4.69) is 5.10 Å². The molecule has 2 aromatic rings. The number of halogens is 2. The van der Waals surface area contributed by atoms with Crippen LogP contribution in [0.4, 0.5) is 10.2 Å². The van der Waals surface area contributed by atoms with E-state index in [1.165, 1.54) is 22.9 Å². The number of hydrogen-bond acceptors (Lipinski definition) is 3. The molecule has 0 bridgehead atoms. The number of nitrogen functional groups attached to an aromatic ring is 1. The Hall–Kier alpha value is -2.06. The SMILES string of the molecule is Cc1nn(-c2ccc(F)cc2Cl)c(N)c1C#N. The van der Waals surface area contributed by atoms with Gasteiger partial charge in [-0.15, -0.1) is 0 Å². The Labute approximate surface area is 102 Å². The van der Waals surface area contributed by atoms with Gasteiger partial charge in [0.05, 0.1) is 16.4 Å². The molecule has 86 valence electrons. The molecule has 17 heavy (non-hydrogen) atoms. The summed E-state index contributed by atoms with van der Waals surface area (Å²) in [7, 11) is 0. The number of rotatable bonds is 1. The normalized spacial score (nSPS) is 10.2. The smallest absolute Gasteiger partial charge is 0.145 e. The van der Waals surface area contributed by atoms with E-state index in [1.807, 2.05) is 6.07 Å². The van der Waals surface area contributed by atoms with Gasteiger partial charge < -0.3 is 5.73 Å². The molecule has 0 atom stereocenters. The fourth-order valence-corrected chi connectivity index (χ4v) is 1.77. The first-order valence-electron chi connectivity index (χ1n) is 4.75. The highest BCUT2D eigenvalue weighted by molar-refractivity contribution is 6.32. The summed E-state index contributed by atoms with van der Waals surface area (Å²) < 4.78 is 14.2. The monoisotopic (exact) mass is 250 g/mol. The highest BCUT2D eigenvalue weighted by Gasteiger charge is 2.15. The maximum absolute atomic E-state index is 12.9. The summed E-state index contributed by atoms with van der Waals surface area (Å²) in [6, 6.07) is 5.84. The highest BCUT2D eigenvalue weighted by Crippen LogP contribution is 2.26. The van der Waals surface area contributed by atoms with Crippen LogP contribution in [0.1, 0.15) is 11.3 Å². The Morgan fingerprint density at radius 2 is 2.24 bits per heavy atom. The lowest BCUT2D eigenvalue weighted by Crippen LogP contribution is -2.03. The van der Waals surface area contributed by atoms with Crippen molar-refractivity contribution in [2.24, 2.45) is 0 Å². The summed E-state index contributed by atoms with van der Waals surface area (Å²) in [5.74, 6) is -0.250. The van der Waals surface area contributed by atoms with Gasteiger partial charge in [0.15, 0.2) is 0 Å². The van der Waals surface area contributed by atoms with Crippen LogP contribution in [0, 0.1) is 24.1 Å².